The lowest BCUT2D eigenvalue weighted by Crippen LogP contribution is -1.88. The molecule has 19 heavy (non-hydrogen) atoms. The van der Waals surface area contributed by atoms with Crippen molar-refractivity contribution in [1.29, 1.82) is 0 Å². The summed E-state index contributed by atoms with van der Waals surface area (Å²) in [5, 5.41) is 5.08. The highest BCUT2D eigenvalue weighted by Gasteiger charge is 2.20. The summed E-state index contributed by atoms with van der Waals surface area (Å²) in [5.41, 5.74) is 9.32. The van der Waals surface area contributed by atoms with E-state index in [2.05, 4.69) is 15.1 Å². The van der Waals surface area contributed by atoms with Crippen LogP contribution in [0.3, 0.4) is 0 Å². The van der Waals surface area contributed by atoms with E-state index in [1.807, 2.05) is 26.0 Å². The Morgan fingerprint density at radius 1 is 1.21 bits per heavy atom. The van der Waals surface area contributed by atoms with Gasteiger partial charge in [0.2, 0.25) is 5.88 Å². The molecule has 5 nitrogen and oxygen atoms in total. The lowest BCUT2D eigenvalue weighted by molar-refractivity contribution is 0.439. The molecule has 3 heterocycles. The quantitative estimate of drug-likeness (QED) is 0.775. The number of nitrogens with zero attached hydrogens (tertiary/aromatic N) is 3. The van der Waals surface area contributed by atoms with Crippen LogP contribution in [0.15, 0.2) is 29.0 Å². The molecule has 0 unspecified atom stereocenters. The third-order valence-electron chi connectivity index (χ3n) is 2.81. The monoisotopic (exact) mass is 272 g/mol. The van der Waals surface area contributed by atoms with Crippen LogP contribution < -0.4 is 5.73 Å². The third-order valence-corrected chi connectivity index (χ3v) is 3.89. The van der Waals surface area contributed by atoms with E-state index in [1.54, 1.807) is 23.7 Å². The number of pyridine rings is 1. The predicted octanol–water partition coefficient (Wildman–Crippen LogP) is 3.06. The standard InChI is InChI=1S/C13H12N4OS/c1-7-12(19-8(2)16-7)11-10(13(14)18-17-11)9-3-5-15-6-4-9/h3-6H,14H2,1-2H3. The van der Waals surface area contributed by atoms with Gasteiger partial charge in [0.05, 0.1) is 21.1 Å². The van der Waals surface area contributed by atoms with E-state index in [0.29, 0.717) is 5.88 Å². The first-order chi connectivity index (χ1) is 9.16. The van der Waals surface area contributed by atoms with Crippen molar-refractivity contribution >= 4 is 17.2 Å². The zero-order valence-electron chi connectivity index (χ0n) is 10.5. The Hall–Kier alpha value is -2.21. The average molecular weight is 272 g/mol. The number of hydrogen-bond acceptors (Lipinski definition) is 6. The molecule has 3 rings (SSSR count). The SMILES string of the molecule is Cc1nc(C)c(-c2noc(N)c2-c2ccncc2)s1. The first-order valence-corrected chi connectivity index (χ1v) is 6.58. The van der Waals surface area contributed by atoms with Gasteiger partial charge in [0.1, 0.15) is 5.69 Å². The minimum atomic E-state index is 0.312. The van der Waals surface area contributed by atoms with Crippen molar-refractivity contribution in [3.63, 3.8) is 0 Å². The Morgan fingerprint density at radius 3 is 2.58 bits per heavy atom. The molecule has 0 fully saturated rings. The summed E-state index contributed by atoms with van der Waals surface area (Å²) in [6.45, 7) is 3.93. The molecule has 96 valence electrons. The van der Waals surface area contributed by atoms with Gasteiger partial charge in [0.15, 0.2) is 0 Å². The van der Waals surface area contributed by atoms with Gasteiger partial charge in [-0.05, 0) is 31.5 Å². The summed E-state index contributed by atoms with van der Waals surface area (Å²) in [6.07, 6.45) is 3.44. The fourth-order valence-corrected chi connectivity index (χ4v) is 2.91. The molecule has 0 aliphatic rings. The first-order valence-electron chi connectivity index (χ1n) is 5.76. The Labute approximate surface area is 114 Å². The van der Waals surface area contributed by atoms with E-state index >= 15 is 0 Å². The van der Waals surface area contributed by atoms with Gasteiger partial charge in [-0.2, -0.15) is 0 Å². The molecule has 0 aliphatic heterocycles. The van der Waals surface area contributed by atoms with E-state index in [0.717, 1.165) is 32.4 Å². The van der Waals surface area contributed by atoms with Crippen molar-refractivity contribution in [3.8, 4) is 21.7 Å². The summed E-state index contributed by atoms with van der Waals surface area (Å²) < 4.78 is 5.15. The van der Waals surface area contributed by atoms with E-state index < -0.39 is 0 Å². The van der Waals surface area contributed by atoms with Gasteiger partial charge >= 0.3 is 0 Å². The molecule has 0 saturated heterocycles. The van der Waals surface area contributed by atoms with Gasteiger partial charge < -0.3 is 10.3 Å². The number of nitrogens with two attached hydrogens (primary N) is 1. The highest BCUT2D eigenvalue weighted by Crippen LogP contribution is 2.39. The smallest absolute Gasteiger partial charge is 0.230 e. The van der Waals surface area contributed by atoms with E-state index in [4.69, 9.17) is 10.3 Å². The highest BCUT2D eigenvalue weighted by molar-refractivity contribution is 7.15. The number of aromatic nitrogens is 3. The fourth-order valence-electron chi connectivity index (χ4n) is 2.01. The van der Waals surface area contributed by atoms with Crippen molar-refractivity contribution in [2.45, 2.75) is 13.8 Å². The largest absolute Gasteiger partial charge is 0.367 e. The number of hydrogen-bond donors (Lipinski definition) is 1. The number of thiazole rings is 1. The molecule has 3 aromatic rings. The van der Waals surface area contributed by atoms with E-state index in [9.17, 15) is 0 Å². The second-order valence-electron chi connectivity index (χ2n) is 4.15. The first kappa shape index (κ1) is 11.9. The minimum absolute atomic E-state index is 0.312. The normalized spacial score (nSPS) is 10.8. The average Bonchev–Trinajstić information content (AvgIpc) is 2.93. The van der Waals surface area contributed by atoms with Crippen molar-refractivity contribution < 1.29 is 4.52 Å². The van der Waals surface area contributed by atoms with Gasteiger partial charge in [-0.25, -0.2) is 4.98 Å². The topological polar surface area (TPSA) is 77.8 Å². The van der Waals surface area contributed by atoms with Crippen LogP contribution in [0.1, 0.15) is 10.7 Å². The van der Waals surface area contributed by atoms with Crippen molar-refractivity contribution in [2.24, 2.45) is 0 Å². The van der Waals surface area contributed by atoms with Crippen LogP contribution in [0.2, 0.25) is 0 Å². The van der Waals surface area contributed by atoms with Crippen LogP contribution >= 0.6 is 11.3 Å². The second-order valence-corrected chi connectivity index (χ2v) is 5.36. The van der Waals surface area contributed by atoms with Crippen LogP contribution in [0.4, 0.5) is 5.88 Å². The summed E-state index contributed by atoms with van der Waals surface area (Å²) in [4.78, 5) is 9.41. The van der Waals surface area contributed by atoms with Gasteiger partial charge in [-0.3, -0.25) is 4.98 Å². The maximum atomic E-state index is 5.90. The van der Waals surface area contributed by atoms with Crippen molar-refractivity contribution in [3.05, 3.63) is 35.2 Å². The van der Waals surface area contributed by atoms with Crippen LogP contribution in [0.25, 0.3) is 21.7 Å². The highest BCUT2D eigenvalue weighted by atomic mass is 32.1. The van der Waals surface area contributed by atoms with Gasteiger partial charge in [-0.1, -0.05) is 5.16 Å². The number of rotatable bonds is 2. The Kier molecular flexibility index (Phi) is 2.79. The number of anilines is 1. The summed E-state index contributed by atoms with van der Waals surface area (Å²) >= 11 is 1.58. The molecule has 2 N–H and O–H groups in total. The number of aryl methyl sites for hydroxylation is 2. The Bertz CT molecular complexity index is 718. The van der Waals surface area contributed by atoms with E-state index in [1.165, 1.54) is 0 Å². The minimum Gasteiger partial charge on any atom is -0.367 e. The molecule has 3 aromatic heterocycles. The Morgan fingerprint density at radius 2 is 1.95 bits per heavy atom. The van der Waals surface area contributed by atoms with Gasteiger partial charge in [-0.15, -0.1) is 11.3 Å². The fraction of sp³-hybridized carbons (Fsp3) is 0.154. The van der Waals surface area contributed by atoms with Gasteiger partial charge in [0.25, 0.3) is 0 Å². The molecule has 0 aromatic carbocycles. The summed E-state index contributed by atoms with van der Waals surface area (Å²) in [7, 11) is 0. The molecule has 6 heteroatoms. The third kappa shape index (κ3) is 2.00. The maximum absolute atomic E-state index is 5.90. The zero-order chi connectivity index (χ0) is 13.4. The molecule has 0 saturated carbocycles. The van der Waals surface area contributed by atoms with Crippen molar-refractivity contribution in [1.82, 2.24) is 15.1 Å². The number of nitrogen functional groups attached to an aromatic ring is 1. The predicted molar refractivity (Wildman–Crippen MR) is 74.7 cm³/mol. The van der Waals surface area contributed by atoms with Crippen LogP contribution in [-0.4, -0.2) is 15.1 Å². The molecule has 0 radical (unpaired) electrons. The zero-order valence-corrected chi connectivity index (χ0v) is 11.4. The van der Waals surface area contributed by atoms with Gasteiger partial charge in [0, 0.05) is 12.4 Å². The summed E-state index contributed by atoms with van der Waals surface area (Å²) in [6, 6.07) is 3.77. The molecule has 0 atom stereocenters. The maximum Gasteiger partial charge on any atom is 0.230 e. The van der Waals surface area contributed by atoms with Crippen LogP contribution in [0.5, 0.6) is 0 Å². The molecular weight excluding hydrogens is 260 g/mol. The molecular formula is C13H12N4OS. The second kappa shape index (κ2) is 4.47. The van der Waals surface area contributed by atoms with E-state index in [-0.39, 0.29) is 0 Å². The molecule has 0 bridgehead atoms. The lowest BCUT2D eigenvalue weighted by atomic mass is 10.1. The lowest BCUT2D eigenvalue weighted by Gasteiger charge is -2.00. The molecule has 0 amide bonds. The van der Waals surface area contributed by atoms with Crippen LogP contribution in [-0.2, 0) is 0 Å². The summed E-state index contributed by atoms with van der Waals surface area (Å²) in [5.74, 6) is 0.312. The van der Waals surface area contributed by atoms with Crippen molar-refractivity contribution in [2.75, 3.05) is 5.73 Å². The Balaban J connectivity index is 2.22. The van der Waals surface area contributed by atoms with Crippen LogP contribution in [0, 0.1) is 13.8 Å². The molecule has 0 spiro atoms. The molecule has 0 aliphatic carbocycles.